The molecule has 2 aliphatic rings. The number of aromatic nitrogens is 2. The van der Waals surface area contributed by atoms with E-state index in [0.29, 0.717) is 17.5 Å². The van der Waals surface area contributed by atoms with Crippen molar-refractivity contribution >= 4 is 5.91 Å². The van der Waals surface area contributed by atoms with E-state index in [1.165, 1.54) is 0 Å². The summed E-state index contributed by atoms with van der Waals surface area (Å²) in [6, 6.07) is 0.437. The summed E-state index contributed by atoms with van der Waals surface area (Å²) >= 11 is 0. The molecule has 2 atom stereocenters. The van der Waals surface area contributed by atoms with Crippen LogP contribution < -0.4 is 0 Å². The molecule has 0 N–H and O–H groups in total. The van der Waals surface area contributed by atoms with Crippen molar-refractivity contribution in [1.82, 2.24) is 19.8 Å². The van der Waals surface area contributed by atoms with E-state index in [4.69, 9.17) is 4.74 Å². The number of amides is 1. The number of ether oxygens (including phenoxy) is 1. The Morgan fingerprint density at radius 1 is 1.32 bits per heavy atom. The molecule has 0 bridgehead atoms. The van der Waals surface area contributed by atoms with Gasteiger partial charge in [-0.25, -0.2) is 9.97 Å². The maximum absolute atomic E-state index is 13.2. The Hall–Kier alpha value is -1.53. The van der Waals surface area contributed by atoms with Gasteiger partial charge < -0.3 is 9.64 Å². The first-order valence-corrected chi connectivity index (χ1v) is 9.45. The highest BCUT2D eigenvalue weighted by molar-refractivity contribution is 5.95. The van der Waals surface area contributed by atoms with Gasteiger partial charge in [0.15, 0.2) is 0 Å². The number of carbonyl (C=O) groups excluding carboxylic acids is 1. The third kappa shape index (κ3) is 3.85. The van der Waals surface area contributed by atoms with Gasteiger partial charge in [0.2, 0.25) is 0 Å². The zero-order valence-electron chi connectivity index (χ0n) is 15.9. The molecule has 2 fully saturated rings. The Labute approximate surface area is 150 Å². The minimum absolute atomic E-state index is 0.0814. The van der Waals surface area contributed by atoms with E-state index < -0.39 is 0 Å². The molecular formula is C19H30N4O2. The number of likely N-dealkylation sites (tertiary alicyclic amines) is 1. The molecule has 1 amide bonds. The van der Waals surface area contributed by atoms with Crippen LogP contribution in [0.15, 0.2) is 6.20 Å². The lowest BCUT2D eigenvalue weighted by Crippen LogP contribution is -2.47. The molecule has 2 saturated heterocycles. The van der Waals surface area contributed by atoms with Gasteiger partial charge in [0.05, 0.1) is 24.5 Å². The first-order valence-electron chi connectivity index (χ1n) is 9.45. The molecule has 1 aromatic rings. The minimum Gasteiger partial charge on any atom is -0.379 e. The van der Waals surface area contributed by atoms with Gasteiger partial charge in [-0.2, -0.15) is 0 Å². The second-order valence-corrected chi connectivity index (χ2v) is 7.46. The predicted octanol–water partition coefficient (Wildman–Crippen LogP) is 2.09. The Morgan fingerprint density at radius 3 is 2.68 bits per heavy atom. The molecule has 0 spiro atoms. The maximum Gasteiger partial charge on any atom is 0.257 e. The van der Waals surface area contributed by atoms with Crippen molar-refractivity contribution in [2.24, 2.45) is 5.92 Å². The van der Waals surface area contributed by atoms with Crippen molar-refractivity contribution in [2.75, 3.05) is 39.4 Å². The highest BCUT2D eigenvalue weighted by atomic mass is 16.5. The van der Waals surface area contributed by atoms with E-state index in [1.807, 2.05) is 11.8 Å². The van der Waals surface area contributed by atoms with Crippen LogP contribution in [0, 0.1) is 12.8 Å². The zero-order chi connectivity index (χ0) is 18.0. The van der Waals surface area contributed by atoms with Gasteiger partial charge >= 0.3 is 0 Å². The van der Waals surface area contributed by atoms with Crippen LogP contribution in [0.1, 0.15) is 55.0 Å². The van der Waals surface area contributed by atoms with Gasteiger partial charge in [0.25, 0.3) is 5.91 Å². The SMILES string of the molecule is CC[C@@H]1CN(C(=O)c2cnc(C)nc2C(C)C)C[C@@H]1N1CCOCC1. The van der Waals surface area contributed by atoms with E-state index in [0.717, 1.165) is 57.3 Å². The summed E-state index contributed by atoms with van der Waals surface area (Å²) in [5.41, 5.74) is 1.53. The van der Waals surface area contributed by atoms with Crippen molar-refractivity contribution in [3.05, 3.63) is 23.3 Å². The Kier molecular flexibility index (Phi) is 5.69. The lowest BCUT2D eigenvalue weighted by atomic mass is 9.99. The normalized spacial score (nSPS) is 24.9. The van der Waals surface area contributed by atoms with E-state index >= 15 is 0 Å². The van der Waals surface area contributed by atoms with Crippen LogP contribution in [0.3, 0.4) is 0 Å². The Bertz CT molecular complexity index is 613. The van der Waals surface area contributed by atoms with E-state index in [-0.39, 0.29) is 11.8 Å². The van der Waals surface area contributed by atoms with E-state index in [2.05, 4.69) is 35.6 Å². The topological polar surface area (TPSA) is 58.6 Å². The number of rotatable bonds is 4. The van der Waals surface area contributed by atoms with Crippen molar-refractivity contribution in [2.45, 2.75) is 46.1 Å². The van der Waals surface area contributed by atoms with Gasteiger partial charge in [0.1, 0.15) is 5.82 Å². The largest absolute Gasteiger partial charge is 0.379 e. The van der Waals surface area contributed by atoms with Crippen LogP contribution in [-0.4, -0.2) is 71.1 Å². The number of carbonyl (C=O) groups is 1. The third-order valence-electron chi connectivity index (χ3n) is 5.45. The fourth-order valence-electron chi connectivity index (χ4n) is 4.01. The summed E-state index contributed by atoms with van der Waals surface area (Å²) in [5.74, 6) is 1.54. The predicted molar refractivity (Wildman–Crippen MR) is 96.7 cm³/mol. The highest BCUT2D eigenvalue weighted by Crippen LogP contribution is 2.28. The Morgan fingerprint density at radius 2 is 2.04 bits per heavy atom. The number of nitrogens with zero attached hydrogens (tertiary/aromatic N) is 4. The quantitative estimate of drug-likeness (QED) is 0.835. The number of hydrogen-bond acceptors (Lipinski definition) is 5. The van der Waals surface area contributed by atoms with Crippen LogP contribution in [0.25, 0.3) is 0 Å². The second kappa shape index (κ2) is 7.79. The molecule has 0 unspecified atom stereocenters. The summed E-state index contributed by atoms with van der Waals surface area (Å²) in [7, 11) is 0. The lowest BCUT2D eigenvalue weighted by molar-refractivity contribution is 0.0103. The number of hydrogen-bond donors (Lipinski definition) is 0. The molecule has 6 heteroatoms. The van der Waals surface area contributed by atoms with Gasteiger partial charge in [-0.15, -0.1) is 0 Å². The Balaban J connectivity index is 1.79. The van der Waals surface area contributed by atoms with Gasteiger partial charge in [0, 0.05) is 38.4 Å². The summed E-state index contributed by atoms with van der Waals surface area (Å²) < 4.78 is 5.49. The molecule has 0 radical (unpaired) electrons. The summed E-state index contributed by atoms with van der Waals surface area (Å²) in [4.78, 5) is 26.5. The lowest BCUT2D eigenvalue weighted by Gasteiger charge is -2.34. The zero-order valence-corrected chi connectivity index (χ0v) is 15.9. The average Bonchev–Trinajstić information content (AvgIpc) is 3.06. The molecule has 3 heterocycles. The van der Waals surface area contributed by atoms with Crippen LogP contribution in [0.4, 0.5) is 0 Å². The molecule has 1 aromatic heterocycles. The summed E-state index contributed by atoms with van der Waals surface area (Å²) in [6.07, 6.45) is 2.80. The summed E-state index contributed by atoms with van der Waals surface area (Å²) in [6.45, 7) is 13.4. The molecule has 0 aromatic carbocycles. The maximum atomic E-state index is 13.2. The molecular weight excluding hydrogens is 316 g/mol. The number of aryl methyl sites for hydroxylation is 1. The molecule has 25 heavy (non-hydrogen) atoms. The van der Waals surface area contributed by atoms with Crippen LogP contribution in [0.5, 0.6) is 0 Å². The third-order valence-corrected chi connectivity index (χ3v) is 5.45. The first kappa shape index (κ1) is 18.3. The molecule has 6 nitrogen and oxygen atoms in total. The molecule has 0 saturated carbocycles. The average molecular weight is 346 g/mol. The monoisotopic (exact) mass is 346 g/mol. The minimum atomic E-state index is 0.0814. The molecule has 2 aliphatic heterocycles. The highest BCUT2D eigenvalue weighted by Gasteiger charge is 2.39. The molecule has 3 rings (SSSR count). The van der Waals surface area contributed by atoms with Crippen molar-refractivity contribution in [3.8, 4) is 0 Å². The first-order chi connectivity index (χ1) is 12.0. The van der Waals surface area contributed by atoms with Crippen molar-refractivity contribution in [1.29, 1.82) is 0 Å². The van der Waals surface area contributed by atoms with Gasteiger partial charge in [-0.05, 0) is 18.8 Å². The van der Waals surface area contributed by atoms with Crippen LogP contribution >= 0.6 is 0 Å². The fourth-order valence-corrected chi connectivity index (χ4v) is 4.01. The standard InChI is InChI=1S/C19H30N4O2/c1-5-15-11-23(12-17(15)22-6-8-25-9-7-22)19(24)16-10-20-14(4)21-18(16)13(2)3/h10,13,15,17H,5-9,11-12H2,1-4H3/t15-,17+/m1/s1. The fraction of sp³-hybridized carbons (Fsp3) is 0.737. The van der Waals surface area contributed by atoms with Crippen molar-refractivity contribution in [3.63, 3.8) is 0 Å². The summed E-state index contributed by atoms with van der Waals surface area (Å²) in [5, 5.41) is 0. The molecule has 138 valence electrons. The van der Waals surface area contributed by atoms with E-state index in [1.54, 1.807) is 6.20 Å². The van der Waals surface area contributed by atoms with Gasteiger partial charge in [-0.1, -0.05) is 27.2 Å². The smallest absolute Gasteiger partial charge is 0.257 e. The number of morpholine rings is 1. The van der Waals surface area contributed by atoms with Crippen molar-refractivity contribution < 1.29 is 9.53 Å². The van der Waals surface area contributed by atoms with Gasteiger partial charge in [-0.3, -0.25) is 9.69 Å². The van der Waals surface area contributed by atoms with Crippen LogP contribution in [0.2, 0.25) is 0 Å². The second-order valence-electron chi connectivity index (χ2n) is 7.46. The van der Waals surface area contributed by atoms with Crippen LogP contribution in [-0.2, 0) is 4.74 Å². The molecule has 0 aliphatic carbocycles. The van der Waals surface area contributed by atoms with E-state index in [9.17, 15) is 4.79 Å².